The van der Waals surface area contributed by atoms with Crippen LogP contribution in [0, 0.1) is 26.1 Å². The molecule has 9 heteroatoms. The van der Waals surface area contributed by atoms with E-state index >= 15 is 0 Å². The summed E-state index contributed by atoms with van der Waals surface area (Å²) in [5, 5.41) is 33.3. The Morgan fingerprint density at radius 1 is 1.29 bits per heavy atom. The number of nitro groups is 2. The fourth-order valence-corrected chi connectivity index (χ4v) is 1.81. The van der Waals surface area contributed by atoms with E-state index in [0.29, 0.717) is 0 Å². The molecule has 1 atom stereocenters. The van der Waals surface area contributed by atoms with Gasteiger partial charge in [0.05, 0.1) is 15.9 Å². The van der Waals surface area contributed by atoms with Crippen LogP contribution in [0.2, 0.25) is 0 Å². The minimum absolute atomic E-state index is 0.0660. The number of aliphatic carboxylic acids is 1. The highest BCUT2D eigenvalue weighted by Crippen LogP contribution is 2.24. The molecule has 0 saturated heterocycles. The maximum atomic E-state index is 11.0. The lowest BCUT2D eigenvalue weighted by Crippen LogP contribution is -2.40. The highest BCUT2D eigenvalue weighted by atomic mass is 16.6. The third-order valence-corrected chi connectivity index (χ3v) is 2.92. The van der Waals surface area contributed by atoms with Gasteiger partial charge in [-0.25, -0.2) is 0 Å². The highest BCUT2D eigenvalue weighted by Gasteiger charge is 2.24. The lowest BCUT2D eigenvalue weighted by molar-refractivity contribution is -0.394. The maximum absolute atomic E-state index is 11.0. The van der Waals surface area contributed by atoms with Crippen LogP contribution in [0.5, 0.6) is 0 Å². The molecule has 0 spiro atoms. The van der Waals surface area contributed by atoms with Gasteiger partial charge < -0.3 is 5.11 Å². The second kappa shape index (κ2) is 6.75. The lowest BCUT2D eigenvalue weighted by Gasteiger charge is -2.17. The van der Waals surface area contributed by atoms with E-state index in [2.05, 4.69) is 5.32 Å². The van der Waals surface area contributed by atoms with Gasteiger partial charge in [0.2, 0.25) is 0 Å². The zero-order valence-electron chi connectivity index (χ0n) is 11.5. The molecule has 0 fully saturated rings. The number of nitrogens with zero attached hydrogens (tertiary/aromatic N) is 2. The standard InChI is InChI=1S/C12H15N3O6/c1-7(2)11(12(16)17)13-6-8-3-4-9(14(18)19)5-10(8)15(20)21/h3-5,7,11,13H,6H2,1-2H3,(H,16,17). The lowest BCUT2D eigenvalue weighted by atomic mass is 10.0. The number of benzene rings is 1. The SMILES string of the molecule is CC(C)C(NCc1ccc([N+](=O)[O-])cc1[N+](=O)[O-])C(=O)O. The number of carboxylic acids is 1. The summed E-state index contributed by atoms with van der Waals surface area (Å²) in [5.74, 6) is -1.27. The highest BCUT2D eigenvalue weighted by molar-refractivity contribution is 5.73. The number of rotatable bonds is 7. The van der Waals surface area contributed by atoms with Gasteiger partial charge in [0.1, 0.15) is 6.04 Å². The molecular weight excluding hydrogens is 282 g/mol. The molecule has 1 rings (SSSR count). The van der Waals surface area contributed by atoms with Crippen molar-refractivity contribution in [3.63, 3.8) is 0 Å². The molecule has 0 radical (unpaired) electrons. The third-order valence-electron chi connectivity index (χ3n) is 2.92. The van der Waals surface area contributed by atoms with E-state index in [1.54, 1.807) is 13.8 Å². The Morgan fingerprint density at radius 2 is 1.90 bits per heavy atom. The fourth-order valence-electron chi connectivity index (χ4n) is 1.81. The van der Waals surface area contributed by atoms with Gasteiger partial charge in [-0.2, -0.15) is 0 Å². The molecule has 114 valence electrons. The molecule has 1 unspecified atom stereocenters. The molecule has 0 aliphatic rings. The Morgan fingerprint density at radius 3 is 2.33 bits per heavy atom. The topological polar surface area (TPSA) is 136 Å². The Hall–Kier alpha value is -2.55. The number of non-ortho nitro benzene ring substituents is 1. The summed E-state index contributed by atoms with van der Waals surface area (Å²) in [5.41, 5.74) is -0.605. The van der Waals surface area contributed by atoms with Gasteiger partial charge in [0, 0.05) is 18.2 Å². The van der Waals surface area contributed by atoms with E-state index in [1.165, 1.54) is 6.07 Å². The monoisotopic (exact) mass is 297 g/mol. The van der Waals surface area contributed by atoms with Crippen LogP contribution in [-0.2, 0) is 11.3 Å². The van der Waals surface area contributed by atoms with Gasteiger partial charge in [-0.05, 0) is 12.0 Å². The first-order valence-electron chi connectivity index (χ1n) is 6.12. The van der Waals surface area contributed by atoms with Crippen LogP contribution in [0.3, 0.4) is 0 Å². The van der Waals surface area contributed by atoms with Gasteiger partial charge in [-0.3, -0.25) is 30.3 Å². The van der Waals surface area contributed by atoms with E-state index < -0.39 is 27.5 Å². The van der Waals surface area contributed by atoms with Crippen LogP contribution in [-0.4, -0.2) is 27.0 Å². The summed E-state index contributed by atoms with van der Waals surface area (Å²) in [4.78, 5) is 31.2. The molecule has 0 aliphatic heterocycles. The Labute approximate surface area is 119 Å². The third kappa shape index (κ3) is 4.21. The molecule has 1 aromatic rings. The van der Waals surface area contributed by atoms with Crippen LogP contribution in [0.1, 0.15) is 19.4 Å². The van der Waals surface area contributed by atoms with E-state index in [-0.39, 0.29) is 23.7 Å². The summed E-state index contributed by atoms with van der Waals surface area (Å²) in [6, 6.07) is 2.40. The van der Waals surface area contributed by atoms with Gasteiger partial charge in [-0.15, -0.1) is 0 Å². The number of nitro benzene ring substituents is 2. The fraction of sp³-hybridized carbons (Fsp3) is 0.417. The Balaban J connectivity index is 3.00. The predicted molar refractivity (Wildman–Crippen MR) is 72.9 cm³/mol. The zero-order chi connectivity index (χ0) is 16.2. The van der Waals surface area contributed by atoms with E-state index in [1.807, 2.05) is 0 Å². The van der Waals surface area contributed by atoms with Crippen molar-refractivity contribution in [2.24, 2.45) is 5.92 Å². The van der Waals surface area contributed by atoms with Crippen molar-refractivity contribution >= 4 is 17.3 Å². The summed E-state index contributed by atoms with van der Waals surface area (Å²) in [6.45, 7) is 3.34. The molecular formula is C12H15N3O6. The van der Waals surface area contributed by atoms with Gasteiger partial charge in [0.25, 0.3) is 11.4 Å². The normalized spacial score (nSPS) is 12.1. The maximum Gasteiger partial charge on any atom is 0.320 e. The number of hydrogen-bond acceptors (Lipinski definition) is 6. The van der Waals surface area contributed by atoms with Gasteiger partial charge in [0.15, 0.2) is 0 Å². The first kappa shape index (κ1) is 16.5. The summed E-state index contributed by atoms with van der Waals surface area (Å²) in [7, 11) is 0. The predicted octanol–water partition coefficient (Wildman–Crippen LogP) is 1.70. The van der Waals surface area contributed by atoms with E-state index in [9.17, 15) is 25.0 Å². The number of carboxylic acid groups (broad SMARTS) is 1. The molecule has 0 bridgehead atoms. The van der Waals surface area contributed by atoms with Gasteiger partial charge >= 0.3 is 5.97 Å². The van der Waals surface area contributed by atoms with Crippen molar-refractivity contribution in [3.05, 3.63) is 44.0 Å². The van der Waals surface area contributed by atoms with Gasteiger partial charge in [-0.1, -0.05) is 13.8 Å². The van der Waals surface area contributed by atoms with E-state index in [0.717, 1.165) is 12.1 Å². The van der Waals surface area contributed by atoms with Crippen molar-refractivity contribution in [2.75, 3.05) is 0 Å². The average molecular weight is 297 g/mol. The average Bonchev–Trinajstić information content (AvgIpc) is 2.37. The van der Waals surface area contributed by atoms with Crippen LogP contribution < -0.4 is 5.32 Å². The van der Waals surface area contributed by atoms with Crippen LogP contribution in [0.15, 0.2) is 18.2 Å². The van der Waals surface area contributed by atoms with Crippen LogP contribution in [0.25, 0.3) is 0 Å². The summed E-state index contributed by atoms with van der Waals surface area (Å²) >= 11 is 0. The minimum atomic E-state index is -1.06. The smallest absolute Gasteiger partial charge is 0.320 e. The molecule has 21 heavy (non-hydrogen) atoms. The summed E-state index contributed by atoms with van der Waals surface area (Å²) < 4.78 is 0. The van der Waals surface area contributed by atoms with Crippen molar-refractivity contribution in [1.82, 2.24) is 5.32 Å². The van der Waals surface area contributed by atoms with Crippen LogP contribution in [0.4, 0.5) is 11.4 Å². The van der Waals surface area contributed by atoms with Crippen molar-refractivity contribution < 1.29 is 19.7 Å². The largest absolute Gasteiger partial charge is 0.480 e. The second-order valence-corrected chi connectivity index (χ2v) is 4.77. The molecule has 0 heterocycles. The first-order chi connectivity index (χ1) is 9.73. The number of nitrogens with one attached hydrogen (secondary N) is 1. The quantitative estimate of drug-likeness (QED) is 0.577. The minimum Gasteiger partial charge on any atom is -0.480 e. The summed E-state index contributed by atoms with van der Waals surface area (Å²) in [6.07, 6.45) is 0. The first-order valence-corrected chi connectivity index (χ1v) is 6.12. The van der Waals surface area contributed by atoms with Crippen molar-refractivity contribution in [1.29, 1.82) is 0 Å². The number of carbonyl (C=O) groups is 1. The molecule has 0 aliphatic carbocycles. The van der Waals surface area contributed by atoms with Crippen LogP contribution >= 0.6 is 0 Å². The van der Waals surface area contributed by atoms with E-state index in [4.69, 9.17) is 5.11 Å². The Kier molecular flexibility index (Phi) is 5.30. The Bertz CT molecular complexity index is 572. The molecule has 0 aromatic heterocycles. The van der Waals surface area contributed by atoms with Crippen molar-refractivity contribution in [2.45, 2.75) is 26.4 Å². The zero-order valence-corrected chi connectivity index (χ0v) is 11.5. The molecule has 2 N–H and O–H groups in total. The second-order valence-electron chi connectivity index (χ2n) is 4.77. The molecule has 1 aromatic carbocycles. The number of hydrogen-bond donors (Lipinski definition) is 2. The molecule has 0 saturated carbocycles. The molecule has 0 amide bonds. The molecule has 9 nitrogen and oxygen atoms in total. The van der Waals surface area contributed by atoms with Crippen molar-refractivity contribution in [3.8, 4) is 0 Å².